The van der Waals surface area contributed by atoms with E-state index in [4.69, 9.17) is 4.74 Å². The highest BCUT2D eigenvalue weighted by atomic mass is 32.2. The summed E-state index contributed by atoms with van der Waals surface area (Å²) in [6, 6.07) is 0.0356. The minimum Gasteiger partial charge on any atom is -0.377 e. The molecule has 3 aliphatic heterocycles. The molecule has 5 nitrogen and oxygen atoms in total. The van der Waals surface area contributed by atoms with E-state index in [9.17, 15) is 4.79 Å². The van der Waals surface area contributed by atoms with Crippen LogP contribution in [0.4, 0.5) is 0 Å². The summed E-state index contributed by atoms with van der Waals surface area (Å²) in [5, 5.41) is 3.36. The number of carbonyl (C=O) groups excluding carboxylic acids is 1. The molecule has 3 rings (SSSR count). The van der Waals surface area contributed by atoms with Crippen LogP contribution in [0.1, 0.15) is 19.3 Å². The van der Waals surface area contributed by atoms with E-state index in [2.05, 4.69) is 15.1 Å². The fourth-order valence-electron chi connectivity index (χ4n) is 3.39. The van der Waals surface area contributed by atoms with Gasteiger partial charge in [0, 0.05) is 50.8 Å². The van der Waals surface area contributed by atoms with E-state index in [1.807, 2.05) is 11.8 Å². The molecule has 0 radical (unpaired) electrons. The molecule has 120 valence electrons. The number of hydrogen-bond acceptors (Lipinski definition) is 5. The number of hydrogen-bond donors (Lipinski definition) is 1. The summed E-state index contributed by atoms with van der Waals surface area (Å²) in [6.45, 7) is 6.79. The quantitative estimate of drug-likeness (QED) is 0.817. The fourth-order valence-corrected chi connectivity index (χ4v) is 4.32. The molecule has 2 unspecified atom stereocenters. The van der Waals surface area contributed by atoms with Gasteiger partial charge in [-0.25, -0.2) is 0 Å². The third-order valence-electron chi connectivity index (χ3n) is 4.61. The van der Waals surface area contributed by atoms with Crippen molar-refractivity contribution in [2.24, 2.45) is 0 Å². The largest absolute Gasteiger partial charge is 0.377 e. The summed E-state index contributed by atoms with van der Waals surface area (Å²) in [5.41, 5.74) is 0. The third-order valence-corrected chi connectivity index (χ3v) is 5.67. The number of nitrogens with one attached hydrogen (secondary N) is 1. The van der Waals surface area contributed by atoms with E-state index in [0.717, 1.165) is 63.8 Å². The lowest BCUT2D eigenvalue weighted by Gasteiger charge is -2.29. The highest BCUT2D eigenvalue weighted by Crippen LogP contribution is 2.16. The van der Waals surface area contributed by atoms with Gasteiger partial charge in [-0.15, -0.1) is 0 Å². The normalized spacial score (nSPS) is 32.1. The standard InChI is InChI=1S/C15H27N3O2S/c19-15(14-12-21-10-4-16-14)18-6-2-5-17(7-8-18)11-13-3-1-9-20-13/h13-14,16H,1-12H2. The first-order valence-electron chi connectivity index (χ1n) is 8.27. The van der Waals surface area contributed by atoms with Gasteiger partial charge in [0.15, 0.2) is 0 Å². The second kappa shape index (κ2) is 7.81. The topological polar surface area (TPSA) is 44.8 Å². The number of amides is 1. The Bertz CT molecular complexity index is 344. The van der Waals surface area contributed by atoms with E-state index in [1.165, 1.54) is 12.8 Å². The van der Waals surface area contributed by atoms with E-state index in [1.54, 1.807) is 0 Å². The van der Waals surface area contributed by atoms with Gasteiger partial charge in [-0.05, 0) is 25.8 Å². The van der Waals surface area contributed by atoms with Crippen LogP contribution in [0.2, 0.25) is 0 Å². The lowest BCUT2D eigenvalue weighted by Crippen LogP contribution is -2.51. The van der Waals surface area contributed by atoms with Gasteiger partial charge in [-0.2, -0.15) is 11.8 Å². The van der Waals surface area contributed by atoms with Crippen molar-refractivity contribution in [3.63, 3.8) is 0 Å². The van der Waals surface area contributed by atoms with Gasteiger partial charge in [-0.3, -0.25) is 9.69 Å². The molecule has 0 spiro atoms. The van der Waals surface area contributed by atoms with Crippen LogP contribution in [-0.2, 0) is 9.53 Å². The van der Waals surface area contributed by atoms with Gasteiger partial charge in [0.2, 0.25) is 5.91 Å². The van der Waals surface area contributed by atoms with Gasteiger partial charge in [-0.1, -0.05) is 0 Å². The van der Waals surface area contributed by atoms with E-state index >= 15 is 0 Å². The molecule has 0 aliphatic carbocycles. The van der Waals surface area contributed by atoms with Gasteiger partial charge in [0.1, 0.15) is 0 Å². The Kier molecular flexibility index (Phi) is 5.80. The number of carbonyl (C=O) groups is 1. The third kappa shape index (κ3) is 4.34. The molecule has 3 heterocycles. The maximum absolute atomic E-state index is 12.6. The fraction of sp³-hybridized carbons (Fsp3) is 0.933. The summed E-state index contributed by atoms with van der Waals surface area (Å²) >= 11 is 1.89. The zero-order valence-electron chi connectivity index (χ0n) is 12.8. The second-order valence-corrected chi connectivity index (χ2v) is 7.35. The summed E-state index contributed by atoms with van der Waals surface area (Å²) in [7, 11) is 0. The Morgan fingerprint density at radius 1 is 1.24 bits per heavy atom. The lowest BCUT2D eigenvalue weighted by molar-refractivity contribution is -0.132. The first-order chi connectivity index (χ1) is 10.3. The summed E-state index contributed by atoms with van der Waals surface area (Å²) < 4.78 is 5.73. The molecule has 21 heavy (non-hydrogen) atoms. The van der Waals surface area contributed by atoms with Crippen molar-refractivity contribution in [1.29, 1.82) is 0 Å². The zero-order valence-corrected chi connectivity index (χ0v) is 13.6. The van der Waals surface area contributed by atoms with Gasteiger partial charge >= 0.3 is 0 Å². The number of ether oxygens (including phenoxy) is 1. The molecule has 0 bridgehead atoms. The molecule has 1 N–H and O–H groups in total. The Hall–Kier alpha value is -0.300. The monoisotopic (exact) mass is 313 g/mol. The Labute approximate surface area is 131 Å². The van der Waals surface area contributed by atoms with Crippen molar-refractivity contribution in [1.82, 2.24) is 15.1 Å². The molecular formula is C15H27N3O2S. The molecule has 0 aromatic rings. The predicted octanol–water partition coefficient (Wildman–Crippen LogP) is 0.405. The second-order valence-electron chi connectivity index (χ2n) is 6.20. The van der Waals surface area contributed by atoms with Crippen molar-refractivity contribution in [3.05, 3.63) is 0 Å². The van der Waals surface area contributed by atoms with Gasteiger partial charge < -0.3 is 15.0 Å². The number of thioether (sulfide) groups is 1. The highest BCUT2D eigenvalue weighted by molar-refractivity contribution is 7.99. The number of nitrogens with zero attached hydrogens (tertiary/aromatic N) is 2. The average molecular weight is 313 g/mol. The van der Waals surface area contributed by atoms with Crippen LogP contribution in [0.15, 0.2) is 0 Å². The maximum Gasteiger partial charge on any atom is 0.240 e. The van der Waals surface area contributed by atoms with Gasteiger partial charge in [0.25, 0.3) is 0 Å². The highest BCUT2D eigenvalue weighted by Gasteiger charge is 2.28. The van der Waals surface area contributed by atoms with Crippen molar-refractivity contribution in [2.75, 3.05) is 57.4 Å². The van der Waals surface area contributed by atoms with Crippen LogP contribution in [0.3, 0.4) is 0 Å². The molecule has 3 aliphatic rings. The molecule has 1 amide bonds. The molecule has 3 saturated heterocycles. The Morgan fingerprint density at radius 2 is 2.19 bits per heavy atom. The SMILES string of the molecule is O=C(C1CSCCN1)N1CCCN(CC2CCCO2)CC1. The minimum absolute atomic E-state index is 0.0356. The van der Waals surface area contributed by atoms with Crippen molar-refractivity contribution < 1.29 is 9.53 Å². The molecule has 3 fully saturated rings. The molecule has 6 heteroatoms. The van der Waals surface area contributed by atoms with E-state index < -0.39 is 0 Å². The van der Waals surface area contributed by atoms with Crippen LogP contribution in [0, 0.1) is 0 Å². The van der Waals surface area contributed by atoms with Crippen LogP contribution in [0.5, 0.6) is 0 Å². The summed E-state index contributed by atoms with van der Waals surface area (Å²) in [4.78, 5) is 17.1. The zero-order chi connectivity index (χ0) is 14.5. The first-order valence-corrected chi connectivity index (χ1v) is 9.42. The summed E-state index contributed by atoms with van der Waals surface area (Å²) in [6.07, 6.45) is 3.90. The molecule has 0 aromatic carbocycles. The van der Waals surface area contributed by atoms with Crippen LogP contribution in [0.25, 0.3) is 0 Å². The minimum atomic E-state index is 0.0356. The molecule has 0 aromatic heterocycles. The van der Waals surface area contributed by atoms with Crippen molar-refractivity contribution in [3.8, 4) is 0 Å². The smallest absolute Gasteiger partial charge is 0.240 e. The number of rotatable bonds is 3. The molecule has 2 atom stereocenters. The Morgan fingerprint density at radius 3 is 2.95 bits per heavy atom. The average Bonchev–Trinajstić information content (AvgIpc) is 2.92. The molecule has 0 saturated carbocycles. The van der Waals surface area contributed by atoms with E-state index in [-0.39, 0.29) is 6.04 Å². The van der Waals surface area contributed by atoms with Gasteiger partial charge in [0.05, 0.1) is 12.1 Å². The van der Waals surface area contributed by atoms with Crippen LogP contribution < -0.4 is 5.32 Å². The van der Waals surface area contributed by atoms with Crippen molar-refractivity contribution in [2.45, 2.75) is 31.4 Å². The van der Waals surface area contributed by atoms with Crippen LogP contribution >= 0.6 is 11.8 Å². The van der Waals surface area contributed by atoms with Crippen molar-refractivity contribution >= 4 is 17.7 Å². The lowest BCUT2D eigenvalue weighted by atomic mass is 10.2. The Balaban J connectivity index is 1.46. The summed E-state index contributed by atoms with van der Waals surface area (Å²) in [5.74, 6) is 2.36. The van der Waals surface area contributed by atoms with Crippen LogP contribution in [-0.4, -0.2) is 85.2 Å². The molecular weight excluding hydrogens is 286 g/mol. The first kappa shape index (κ1) is 15.6. The maximum atomic E-state index is 12.6. The van der Waals surface area contributed by atoms with E-state index in [0.29, 0.717) is 12.0 Å². The predicted molar refractivity (Wildman–Crippen MR) is 85.7 cm³/mol.